The van der Waals surface area contributed by atoms with Crippen molar-refractivity contribution in [2.45, 2.75) is 19.4 Å². The highest BCUT2D eigenvalue weighted by Gasteiger charge is 2.18. The van der Waals surface area contributed by atoms with Crippen LogP contribution in [0.25, 0.3) is 0 Å². The van der Waals surface area contributed by atoms with E-state index >= 15 is 0 Å². The summed E-state index contributed by atoms with van der Waals surface area (Å²) >= 11 is 6.07. The van der Waals surface area contributed by atoms with Gasteiger partial charge in [0.15, 0.2) is 0 Å². The molecule has 4 heteroatoms. The summed E-state index contributed by atoms with van der Waals surface area (Å²) < 4.78 is 0. The zero-order valence-corrected chi connectivity index (χ0v) is 10.0. The number of nitrogens with zero attached hydrogens (tertiary/aromatic N) is 2. The predicted octanol–water partition coefficient (Wildman–Crippen LogP) is 1.94. The van der Waals surface area contributed by atoms with Crippen molar-refractivity contribution >= 4 is 11.6 Å². The number of likely N-dealkylation sites (tertiary alicyclic amines) is 1. The Kier molecular flexibility index (Phi) is 4.16. The summed E-state index contributed by atoms with van der Waals surface area (Å²) in [6, 6.07) is 1.97. The largest absolute Gasteiger partial charge is 0.396 e. The van der Waals surface area contributed by atoms with Crippen LogP contribution < -0.4 is 0 Å². The van der Waals surface area contributed by atoms with Crippen LogP contribution in [0, 0.1) is 5.92 Å². The van der Waals surface area contributed by atoms with Crippen molar-refractivity contribution in [2.75, 3.05) is 19.7 Å². The van der Waals surface area contributed by atoms with Crippen molar-refractivity contribution in [1.29, 1.82) is 0 Å². The van der Waals surface area contributed by atoms with E-state index in [0.29, 0.717) is 12.5 Å². The number of rotatable bonds is 3. The molecule has 0 amide bonds. The summed E-state index contributed by atoms with van der Waals surface area (Å²) in [6.45, 7) is 3.30. The smallest absolute Gasteiger partial charge is 0.0634 e. The fourth-order valence-corrected chi connectivity index (χ4v) is 2.28. The third kappa shape index (κ3) is 2.94. The first-order chi connectivity index (χ1) is 7.79. The summed E-state index contributed by atoms with van der Waals surface area (Å²) in [5.74, 6) is 0.490. The molecule has 2 rings (SSSR count). The normalized spacial score (nSPS) is 18.9. The van der Waals surface area contributed by atoms with Crippen LogP contribution in [-0.2, 0) is 6.54 Å². The minimum absolute atomic E-state index is 0.323. The van der Waals surface area contributed by atoms with Gasteiger partial charge in [0.2, 0.25) is 0 Å². The number of hydrogen-bond acceptors (Lipinski definition) is 3. The van der Waals surface area contributed by atoms with Crippen molar-refractivity contribution in [3.63, 3.8) is 0 Å². The summed E-state index contributed by atoms with van der Waals surface area (Å²) in [4.78, 5) is 6.36. The van der Waals surface area contributed by atoms with Gasteiger partial charge in [-0.25, -0.2) is 0 Å². The van der Waals surface area contributed by atoms with E-state index in [4.69, 9.17) is 16.7 Å². The van der Waals surface area contributed by atoms with Crippen molar-refractivity contribution in [1.82, 2.24) is 9.88 Å². The van der Waals surface area contributed by atoms with Crippen molar-refractivity contribution in [2.24, 2.45) is 5.92 Å². The highest BCUT2D eigenvalue weighted by atomic mass is 35.5. The monoisotopic (exact) mass is 240 g/mol. The second-order valence-electron chi connectivity index (χ2n) is 4.37. The quantitative estimate of drug-likeness (QED) is 0.877. The molecule has 0 aliphatic carbocycles. The molecule has 0 spiro atoms. The molecule has 88 valence electrons. The molecule has 1 aromatic rings. The van der Waals surface area contributed by atoms with Gasteiger partial charge in [0.25, 0.3) is 0 Å². The maximum atomic E-state index is 9.06. The van der Waals surface area contributed by atoms with Crippen molar-refractivity contribution in [3.05, 3.63) is 29.0 Å². The number of piperidine rings is 1. The minimum atomic E-state index is 0.323. The zero-order chi connectivity index (χ0) is 11.4. The third-order valence-corrected chi connectivity index (χ3v) is 3.56. The first kappa shape index (κ1) is 11.8. The van der Waals surface area contributed by atoms with E-state index in [2.05, 4.69) is 9.88 Å². The first-order valence-electron chi connectivity index (χ1n) is 5.71. The first-order valence-corrected chi connectivity index (χ1v) is 6.09. The molecular weight excluding hydrogens is 224 g/mol. The van der Waals surface area contributed by atoms with Gasteiger partial charge in [0.05, 0.1) is 5.02 Å². The molecule has 1 aliphatic rings. The predicted molar refractivity (Wildman–Crippen MR) is 64.3 cm³/mol. The summed E-state index contributed by atoms with van der Waals surface area (Å²) in [5.41, 5.74) is 1.14. The number of pyridine rings is 1. The number of aliphatic hydroxyl groups excluding tert-OH is 1. The second kappa shape index (κ2) is 5.62. The van der Waals surface area contributed by atoms with Gasteiger partial charge in [-0.2, -0.15) is 0 Å². The van der Waals surface area contributed by atoms with E-state index < -0.39 is 0 Å². The van der Waals surface area contributed by atoms with E-state index in [-0.39, 0.29) is 0 Å². The molecule has 1 fully saturated rings. The van der Waals surface area contributed by atoms with E-state index in [1.165, 1.54) is 0 Å². The van der Waals surface area contributed by atoms with Crippen LogP contribution >= 0.6 is 11.6 Å². The fourth-order valence-electron chi connectivity index (χ4n) is 2.10. The summed E-state index contributed by atoms with van der Waals surface area (Å²) in [6.07, 6.45) is 5.64. The lowest BCUT2D eigenvalue weighted by molar-refractivity contribution is 0.127. The SMILES string of the molecule is OCC1CCN(Cc2ccncc2Cl)CC1. The fraction of sp³-hybridized carbons (Fsp3) is 0.583. The maximum Gasteiger partial charge on any atom is 0.0634 e. The van der Waals surface area contributed by atoms with Gasteiger partial charge in [0, 0.05) is 25.5 Å². The van der Waals surface area contributed by atoms with Crippen molar-refractivity contribution in [3.8, 4) is 0 Å². The molecule has 1 aromatic heterocycles. The van der Waals surface area contributed by atoms with Gasteiger partial charge in [0.1, 0.15) is 0 Å². The number of halogens is 1. The highest BCUT2D eigenvalue weighted by molar-refractivity contribution is 6.31. The standard InChI is InChI=1S/C12H17ClN2O/c13-12-7-14-4-1-11(12)8-15-5-2-10(9-16)3-6-15/h1,4,7,10,16H,2-3,5-6,8-9H2. The second-order valence-corrected chi connectivity index (χ2v) is 4.78. The van der Waals surface area contributed by atoms with E-state index in [1.807, 2.05) is 6.07 Å². The Morgan fingerprint density at radius 1 is 1.44 bits per heavy atom. The maximum absolute atomic E-state index is 9.06. The van der Waals surface area contributed by atoms with Gasteiger partial charge >= 0.3 is 0 Å². The lowest BCUT2D eigenvalue weighted by atomic mass is 9.97. The molecule has 16 heavy (non-hydrogen) atoms. The molecule has 2 heterocycles. The molecule has 1 aliphatic heterocycles. The van der Waals surface area contributed by atoms with Crippen LogP contribution in [0.4, 0.5) is 0 Å². The van der Waals surface area contributed by atoms with E-state index in [0.717, 1.165) is 43.1 Å². The number of aromatic nitrogens is 1. The molecule has 0 unspecified atom stereocenters. The average molecular weight is 241 g/mol. The molecular formula is C12H17ClN2O. The Bertz CT molecular complexity index is 338. The lowest BCUT2D eigenvalue weighted by Gasteiger charge is -2.31. The Morgan fingerprint density at radius 2 is 2.19 bits per heavy atom. The molecule has 0 saturated carbocycles. The van der Waals surface area contributed by atoms with E-state index in [1.54, 1.807) is 12.4 Å². The van der Waals surface area contributed by atoms with Gasteiger partial charge in [-0.15, -0.1) is 0 Å². The molecule has 3 nitrogen and oxygen atoms in total. The Balaban J connectivity index is 1.89. The van der Waals surface area contributed by atoms with Crippen LogP contribution in [0.1, 0.15) is 18.4 Å². The summed E-state index contributed by atoms with van der Waals surface area (Å²) in [5, 5.41) is 9.81. The van der Waals surface area contributed by atoms with Gasteiger partial charge in [-0.3, -0.25) is 9.88 Å². The molecule has 1 saturated heterocycles. The lowest BCUT2D eigenvalue weighted by Crippen LogP contribution is -2.34. The summed E-state index contributed by atoms with van der Waals surface area (Å²) in [7, 11) is 0. The molecule has 0 atom stereocenters. The van der Waals surface area contributed by atoms with Crippen LogP contribution in [0.2, 0.25) is 5.02 Å². The van der Waals surface area contributed by atoms with Crippen LogP contribution in [0.15, 0.2) is 18.5 Å². The molecule has 1 N–H and O–H groups in total. The van der Waals surface area contributed by atoms with Crippen LogP contribution in [0.3, 0.4) is 0 Å². The molecule has 0 bridgehead atoms. The minimum Gasteiger partial charge on any atom is -0.396 e. The number of hydrogen-bond donors (Lipinski definition) is 1. The Hall–Kier alpha value is -0.640. The van der Waals surface area contributed by atoms with E-state index in [9.17, 15) is 0 Å². The molecule has 0 radical (unpaired) electrons. The number of aliphatic hydroxyl groups is 1. The highest BCUT2D eigenvalue weighted by Crippen LogP contribution is 2.21. The van der Waals surface area contributed by atoms with Crippen LogP contribution in [0.5, 0.6) is 0 Å². The Morgan fingerprint density at radius 3 is 2.81 bits per heavy atom. The topological polar surface area (TPSA) is 36.4 Å². The zero-order valence-electron chi connectivity index (χ0n) is 9.27. The Labute approximate surface area is 101 Å². The van der Waals surface area contributed by atoms with Gasteiger partial charge < -0.3 is 5.11 Å². The van der Waals surface area contributed by atoms with Gasteiger partial charge in [-0.1, -0.05) is 11.6 Å². The van der Waals surface area contributed by atoms with Crippen LogP contribution in [-0.4, -0.2) is 34.7 Å². The average Bonchev–Trinajstić information content (AvgIpc) is 2.33. The molecule has 0 aromatic carbocycles. The van der Waals surface area contributed by atoms with Gasteiger partial charge in [-0.05, 0) is 43.5 Å². The van der Waals surface area contributed by atoms with Crippen molar-refractivity contribution < 1.29 is 5.11 Å². The third-order valence-electron chi connectivity index (χ3n) is 3.22.